The van der Waals surface area contributed by atoms with Crippen LogP contribution in [0.3, 0.4) is 0 Å². The molecule has 0 fully saturated rings. The van der Waals surface area contributed by atoms with E-state index in [1.807, 2.05) is 42.5 Å². The van der Waals surface area contributed by atoms with Crippen molar-refractivity contribution in [1.82, 2.24) is 0 Å². The van der Waals surface area contributed by atoms with Gasteiger partial charge in [0.25, 0.3) is 0 Å². The molecule has 2 aromatic rings. The average molecular weight is 286 g/mol. The van der Waals surface area contributed by atoms with Gasteiger partial charge in [-0.3, -0.25) is 9.00 Å². The van der Waals surface area contributed by atoms with Gasteiger partial charge in [0.15, 0.2) is 5.78 Å². The molecule has 0 aliphatic carbocycles. The molecular weight excluding hydrogens is 268 g/mol. The first-order valence-electron chi connectivity index (χ1n) is 6.72. The van der Waals surface area contributed by atoms with Crippen LogP contribution >= 0.6 is 0 Å². The van der Waals surface area contributed by atoms with E-state index in [1.54, 1.807) is 19.1 Å². The van der Waals surface area contributed by atoms with Crippen molar-refractivity contribution in [2.75, 3.05) is 0 Å². The zero-order chi connectivity index (χ0) is 14.5. The summed E-state index contributed by atoms with van der Waals surface area (Å²) in [6.07, 6.45) is 0.944. The normalized spacial score (nSPS) is 13.7. The maximum Gasteiger partial charge on any atom is 0.178 e. The van der Waals surface area contributed by atoms with Crippen molar-refractivity contribution in [1.29, 1.82) is 0 Å². The number of hydrogen-bond acceptors (Lipinski definition) is 2. The highest BCUT2D eigenvalue weighted by molar-refractivity contribution is 7.86. The van der Waals surface area contributed by atoms with E-state index in [1.165, 1.54) is 5.56 Å². The number of carbonyl (C=O) groups excluding carboxylic acids is 1. The van der Waals surface area contributed by atoms with Crippen LogP contribution in [0.4, 0.5) is 0 Å². The Labute approximate surface area is 122 Å². The first-order valence-corrected chi connectivity index (χ1v) is 7.93. The first-order chi connectivity index (χ1) is 9.63. The van der Waals surface area contributed by atoms with Crippen LogP contribution in [0.15, 0.2) is 59.5 Å². The van der Waals surface area contributed by atoms with Gasteiger partial charge in [0.05, 0.1) is 16.0 Å². The van der Waals surface area contributed by atoms with Gasteiger partial charge in [-0.1, -0.05) is 49.4 Å². The Morgan fingerprint density at radius 3 is 2.20 bits per heavy atom. The highest BCUT2D eigenvalue weighted by Gasteiger charge is 2.22. The summed E-state index contributed by atoms with van der Waals surface area (Å²) in [6.45, 7) is 3.79. The van der Waals surface area contributed by atoms with E-state index in [9.17, 15) is 9.00 Å². The molecule has 0 N–H and O–H groups in total. The summed E-state index contributed by atoms with van der Waals surface area (Å²) in [5.41, 5.74) is 1.82. The fourth-order valence-corrected chi connectivity index (χ4v) is 3.16. The minimum atomic E-state index is -1.32. The third-order valence-corrected chi connectivity index (χ3v) is 4.91. The van der Waals surface area contributed by atoms with E-state index in [0.717, 1.165) is 6.42 Å². The number of hydrogen-bond donors (Lipinski definition) is 0. The molecular formula is C17H18O2S. The summed E-state index contributed by atoms with van der Waals surface area (Å²) in [6, 6.07) is 16.7. The van der Waals surface area contributed by atoms with Crippen LogP contribution in [0.2, 0.25) is 0 Å². The lowest BCUT2D eigenvalue weighted by Crippen LogP contribution is -2.22. The zero-order valence-corrected chi connectivity index (χ0v) is 12.5. The van der Waals surface area contributed by atoms with Gasteiger partial charge in [-0.05, 0) is 31.0 Å². The predicted molar refractivity (Wildman–Crippen MR) is 82.5 cm³/mol. The Kier molecular flexibility index (Phi) is 4.85. The first kappa shape index (κ1) is 14.7. The van der Waals surface area contributed by atoms with Crippen molar-refractivity contribution >= 4 is 16.6 Å². The lowest BCUT2D eigenvalue weighted by molar-refractivity contribution is 0.0992. The van der Waals surface area contributed by atoms with Crippen LogP contribution in [0.1, 0.15) is 29.8 Å². The lowest BCUT2D eigenvalue weighted by Gasteiger charge is -2.11. The van der Waals surface area contributed by atoms with Gasteiger partial charge in [-0.2, -0.15) is 0 Å². The van der Waals surface area contributed by atoms with Gasteiger partial charge in [0.2, 0.25) is 0 Å². The summed E-state index contributed by atoms with van der Waals surface area (Å²) in [4.78, 5) is 13.1. The van der Waals surface area contributed by atoms with Crippen LogP contribution in [0, 0.1) is 0 Å². The van der Waals surface area contributed by atoms with E-state index in [0.29, 0.717) is 10.5 Å². The number of carbonyl (C=O) groups is 1. The molecule has 20 heavy (non-hydrogen) atoms. The molecule has 3 heteroatoms. The number of rotatable bonds is 5. The average Bonchev–Trinajstić information content (AvgIpc) is 2.53. The minimum Gasteiger partial charge on any atom is -0.293 e. The zero-order valence-electron chi connectivity index (χ0n) is 11.7. The number of ketones is 1. The summed E-state index contributed by atoms with van der Waals surface area (Å²) >= 11 is 0. The second-order valence-electron chi connectivity index (χ2n) is 4.67. The van der Waals surface area contributed by atoms with Crippen LogP contribution in [0.5, 0.6) is 0 Å². The molecule has 2 unspecified atom stereocenters. The number of benzene rings is 2. The Morgan fingerprint density at radius 2 is 1.65 bits per heavy atom. The molecule has 0 aliphatic heterocycles. The molecule has 2 atom stereocenters. The molecule has 0 aromatic heterocycles. The van der Waals surface area contributed by atoms with Crippen LogP contribution in [-0.4, -0.2) is 15.2 Å². The molecule has 0 amide bonds. The molecule has 0 saturated heterocycles. The molecule has 104 valence electrons. The molecule has 0 bridgehead atoms. The van der Waals surface area contributed by atoms with E-state index in [2.05, 4.69) is 6.92 Å². The molecule has 2 aromatic carbocycles. The maximum atomic E-state index is 12.4. The quantitative estimate of drug-likeness (QED) is 0.787. The Morgan fingerprint density at radius 1 is 1.05 bits per heavy atom. The van der Waals surface area contributed by atoms with Crippen LogP contribution in [-0.2, 0) is 17.2 Å². The summed E-state index contributed by atoms with van der Waals surface area (Å²) < 4.78 is 12.4. The van der Waals surface area contributed by atoms with Crippen molar-refractivity contribution < 1.29 is 9.00 Å². The molecule has 0 spiro atoms. The van der Waals surface area contributed by atoms with Gasteiger partial charge in [0.1, 0.15) is 0 Å². The summed E-state index contributed by atoms with van der Waals surface area (Å²) in [5.74, 6) is -0.0742. The summed E-state index contributed by atoms with van der Waals surface area (Å²) in [5, 5.41) is -0.537. The van der Waals surface area contributed by atoms with Crippen LogP contribution in [0.25, 0.3) is 0 Å². The highest BCUT2D eigenvalue weighted by atomic mass is 32.2. The molecule has 0 aliphatic rings. The van der Waals surface area contributed by atoms with Crippen molar-refractivity contribution in [2.45, 2.75) is 30.4 Å². The molecule has 2 rings (SSSR count). The van der Waals surface area contributed by atoms with Crippen molar-refractivity contribution in [3.63, 3.8) is 0 Å². The van der Waals surface area contributed by atoms with Gasteiger partial charge in [-0.25, -0.2) is 0 Å². The predicted octanol–water partition coefficient (Wildman–Crippen LogP) is 3.63. The SMILES string of the molecule is CCc1ccc(C(=O)C(C)S(=O)c2ccccc2)cc1. The Balaban J connectivity index is 2.17. The number of Topliss-reactive ketones (excluding diaryl/α,β-unsaturated/α-hetero) is 1. The van der Waals surface area contributed by atoms with Crippen molar-refractivity contribution in [2.24, 2.45) is 0 Å². The van der Waals surface area contributed by atoms with Gasteiger partial charge in [-0.15, -0.1) is 0 Å². The molecule has 0 radical (unpaired) electrons. The lowest BCUT2D eigenvalue weighted by atomic mass is 10.1. The smallest absolute Gasteiger partial charge is 0.178 e. The maximum absolute atomic E-state index is 12.4. The largest absolute Gasteiger partial charge is 0.293 e. The number of aryl methyl sites for hydroxylation is 1. The fraction of sp³-hybridized carbons (Fsp3) is 0.235. The molecule has 0 saturated carbocycles. The molecule has 0 heterocycles. The third-order valence-electron chi connectivity index (χ3n) is 3.31. The standard InChI is InChI=1S/C17H18O2S/c1-3-14-9-11-15(12-10-14)17(18)13(2)20(19)16-7-5-4-6-8-16/h4-13H,3H2,1-2H3. The monoisotopic (exact) mass is 286 g/mol. The fourth-order valence-electron chi connectivity index (χ4n) is 2.00. The van der Waals surface area contributed by atoms with Crippen molar-refractivity contribution in [3.05, 3.63) is 65.7 Å². The second-order valence-corrected chi connectivity index (χ2v) is 6.44. The van der Waals surface area contributed by atoms with Gasteiger partial charge >= 0.3 is 0 Å². The van der Waals surface area contributed by atoms with E-state index < -0.39 is 16.0 Å². The van der Waals surface area contributed by atoms with E-state index >= 15 is 0 Å². The van der Waals surface area contributed by atoms with Gasteiger partial charge in [0, 0.05) is 10.5 Å². The van der Waals surface area contributed by atoms with E-state index in [-0.39, 0.29) is 5.78 Å². The highest BCUT2D eigenvalue weighted by Crippen LogP contribution is 2.16. The Hall–Kier alpha value is -1.74. The van der Waals surface area contributed by atoms with Crippen molar-refractivity contribution in [3.8, 4) is 0 Å². The minimum absolute atomic E-state index is 0.0742. The Bertz CT molecular complexity index is 603. The summed E-state index contributed by atoms with van der Waals surface area (Å²) in [7, 11) is -1.32. The molecule has 2 nitrogen and oxygen atoms in total. The van der Waals surface area contributed by atoms with E-state index in [4.69, 9.17) is 0 Å². The topological polar surface area (TPSA) is 34.1 Å². The third kappa shape index (κ3) is 3.23. The van der Waals surface area contributed by atoms with Gasteiger partial charge < -0.3 is 0 Å². The second kappa shape index (κ2) is 6.62. The van der Waals surface area contributed by atoms with Crippen LogP contribution < -0.4 is 0 Å².